The van der Waals surface area contributed by atoms with E-state index in [0.717, 1.165) is 25.2 Å². The Morgan fingerprint density at radius 3 is 2.79 bits per heavy atom. The van der Waals surface area contributed by atoms with Crippen molar-refractivity contribution >= 4 is 23.2 Å². The third-order valence-electron chi connectivity index (χ3n) is 2.40. The highest BCUT2D eigenvalue weighted by atomic mass is 35.5. The summed E-state index contributed by atoms with van der Waals surface area (Å²) >= 11 is 12.1. The van der Waals surface area contributed by atoms with Crippen LogP contribution in [0, 0.1) is 0 Å². The summed E-state index contributed by atoms with van der Waals surface area (Å²) in [4.78, 5) is 0. The van der Waals surface area contributed by atoms with E-state index in [1.807, 2.05) is 18.2 Å². The molecule has 1 aliphatic heterocycles. The van der Waals surface area contributed by atoms with Gasteiger partial charge in [-0.05, 0) is 11.6 Å². The van der Waals surface area contributed by atoms with Crippen LogP contribution < -0.4 is 10.6 Å². The second kappa shape index (κ2) is 4.49. The van der Waals surface area contributed by atoms with Gasteiger partial charge in [0.05, 0.1) is 10.0 Å². The van der Waals surface area contributed by atoms with Crippen LogP contribution in [-0.4, -0.2) is 19.6 Å². The van der Waals surface area contributed by atoms with Crippen molar-refractivity contribution in [1.29, 1.82) is 0 Å². The van der Waals surface area contributed by atoms with Crippen molar-refractivity contribution in [2.45, 2.75) is 6.04 Å². The molecule has 0 radical (unpaired) electrons. The predicted octanol–water partition coefficient (Wildman–Crippen LogP) is 2.23. The second-order valence-corrected chi connectivity index (χ2v) is 4.14. The van der Waals surface area contributed by atoms with Gasteiger partial charge in [-0.2, -0.15) is 0 Å². The van der Waals surface area contributed by atoms with Gasteiger partial charge in [-0.25, -0.2) is 0 Å². The van der Waals surface area contributed by atoms with Crippen molar-refractivity contribution in [2.24, 2.45) is 0 Å². The van der Waals surface area contributed by atoms with E-state index in [4.69, 9.17) is 23.2 Å². The zero-order valence-electron chi connectivity index (χ0n) is 7.69. The summed E-state index contributed by atoms with van der Waals surface area (Å²) in [5, 5.41) is 8.00. The Hall–Kier alpha value is -0.280. The van der Waals surface area contributed by atoms with E-state index in [1.54, 1.807) is 0 Å². The molecule has 1 aromatic carbocycles. The first-order chi connectivity index (χ1) is 6.79. The summed E-state index contributed by atoms with van der Waals surface area (Å²) in [5.74, 6) is 0. The van der Waals surface area contributed by atoms with Crippen LogP contribution in [0.3, 0.4) is 0 Å². The predicted molar refractivity (Wildman–Crippen MR) is 60.1 cm³/mol. The molecule has 0 saturated carbocycles. The maximum Gasteiger partial charge on any atom is 0.0640 e. The van der Waals surface area contributed by atoms with E-state index in [1.165, 1.54) is 0 Å². The van der Waals surface area contributed by atoms with Gasteiger partial charge in [-0.3, -0.25) is 0 Å². The molecule has 1 aromatic rings. The molecule has 4 heteroatoms. The number of benzene rings is 1. The van der Waals surface area contributed by atoms with E-state index < -0.39 is 0 Å². The molecule has 2 N–H and O–H groups in total. The monoisotopic (exact) mass is 230 g/mol. The number of halogens is 2. The Balaban J connectivity index is 2.26. The summed E-state index contributed by atoms with van der Waals surface area (Å²) in [7, 11) is 0. The molecule has 1 saturated heterocycles. The van der Waals surface area contributed by atoms with Crippen LogP contribution in [0.4, 0.5) is 0 Å². The molecule has 1 heterocycles. The molecule has 0 aliphatic carbocycles. The molecule has 1 atom stereocenters. The van der Waals surface area contributed by atoms with Crippen LogP contribution in [0.5, 0.6) is 0 Å². The lowest BCUT2D eigenvalue weighted by atomic mass is 10.1. The van der Waals surface area contributed by atoms with Gasteiger partial charge in [-0.1, -0.05) is 35.3 Å². The van der Waals surface area contributed by atoms with Crippen molar-refractivity contribution in [3.8, 4) is 0 Å². The fourth-order valence-corrected chi connectivity index (χ4v) is 2.10. The highest BCUT2D eigenvalue weighted by Crippen LogP contribution is 2.29. The molecule has 1 aliphatic rings. The smallest absolute Gasteiger partial charge is 0.0640 e. The summed E-state index contributed by atoms with van der Waals surface area (Å²) in [6, 6.07) is 6.03. The number of rotatable bonds is 1. The van der Waals surface area contributed by atoms with Gasteiger partial charge in [0.1, 0.15) is 0 Å². The van der Waals surface area contributed by atoms with Gasteiger partial charge >= 0.3 is 0 Å². The Kier molecular flexibility index (Phi) is 3.29. The average Bonchev–Trinajstić information content (AvgIpc) is 2.23. The van der Waals surface area contributed by atoms with Crippen LogP contribution in [0.15, 0.2) is 18.2 Å². The number of hydrogen-bond donors (Lipinski definition) is 2. The lowest BCUT2D eigenvalue weighted by molar-refractivity contribution is 0.430. The summed E-state index contributed by atoms with van der Waals surface area (Å²) in [6.07, 6.45) is 0. The zero-order valence-corrected chi connectivity index (χ0v) is 9.20. The minimum Gasteiger partial charge on any atom is -0.314 e. The fraction of sp³-hybridized carbons (Fsp3) is 0.400. The van der Waals surface area contributed by atoms with Crippen molar-refractivity contribution in [3.05, 3.63) is 33.8 Å². The van der Waals surface area contributed by atoms with Crippen LogP contribution >= 0.6 is 23.2 Å². The number of hydrogen-bond acceptors (Lipinski definition) is 2. The summed E-state index contributed by atoms with van der Waals surface area (Å²) in [6.45, 7) is 2.88. The maximum atomic E-state index is 6.13. The average molecular weight is 231 g/mol. The topological polar surface area (TPSA) is 24.1 Å². The van der Waals surface area contributed by atoms with Gasteiger partial charge in [0.25, 0.3) is 0 Å². The molecule has 0 aromatic heterocycles. The molecular formula is C10H12Cl2N2. The molecule has 0 bridgehead atoms. The molecule has 2 nitrogen and oxygen atoms in total. The van der Waals surface area contributed by atoms with E-state index in [-0.39, 0.29) is 6.04 Å². The van der Waals surface area contributed by atoms with E-state index in [9.17, 15) is 0 Å². The Labute approximate surface area is 93.6 Å². The first-order valence-corrected chi connectivity index (χ1v) is 5.42. The molecular weight excluding hydrogens is 219 g/mol. The van der Waals surface area contributed by atoms with Gasteiger partial charge in [-0.15, -0.1) is 0 Å². The largest absolute Gasteiger partial charge is 0.314 e. The van der Waals surface area contributed by atoms with Crippen LogP contribution in [-0.2, 0) is 0 Å². The number of nitrogens with one attached hydrogen (secondary N) is 2. The summed E-state index contributed by atoms with van der Waals surface area (Å²) in [5.41, 5.74) is 1.08. The highest BCUT2D eigenvalue weighted by Gasteiger charge is 2.17. The maximum absolute atomic E-state index is 6.13. The Bertz CT molecular complexity index is 322. The molecule has 1 fully saturated rings. The van der Waals surface area contributed by atoms with Crippen LogP contribution in [0.2, 0.25) is 10.0 Å². The second-order valence-electron chi connectivity index (χ2n) is 3.35. The molecule has 2 rings (SSSR count). The van der Waals surface area contributed by atoms with Gasteiger partial charge in [0.2, 0.25) is 0 Å². The van der Waals surface area contributed by atoms with E-state index in [0.29, 0.717) is 10.0 Å². The molecule has 0 amide bonds. The lowest BCUT2D eigenvalue weighted by Gasteiger charge is -2.25. The van der Waals surface area contributed by atoms with Crippen molar-refractivity contribution in [1.82, 2.24) is 10.6 Å². The standard InChI is InChI=1S/C10H12Cl2N2/c11-8-3-1-2-7(10(8)12)9-6-13-4-5-14-9/h1-3,9,13-14H,4-6H2/t9-/m1/s1. The number of piperazine rings is 1. The third kappa shape index (κ3) is 2.04. The minimum absolute atomic E-state index is 0.273. The summed E-state index contributed by atoms with van der Waals surface area (Å²) < 4.78 is 0. The molecule has 14 heavy (non-hydrogen) atoms. The van der Waals surface area contributed by atoms with E-state index >= 15 is 0 Å². The Morgan fingerprint density at radius 1 is 1.21 bits per heavy atom. The highest BCUT2D eigenvalue weighted by molar-refractivity contribution is 6.42. The van der Waals surface area contributed by atoms with Crippen molar-refractivity contribution < 1.29 is 0 Å². The molecule has 76 valence electrons. The van der Waals surface area contributed by atoms with Gasteiger partial charge in [0.15, 0.2) is 0 Å². The SMILES string of the molecule is Clc1cccc([C@H]2CNCCN2)c1Cl. The van der Waals surface area contributed by atoms with E-state index in [2.05, 4.69) is 10.6 Å². The van der Waals surface area contributed by atoms with Gasteiger partial charge < -0.3 is 10.6 Å². The molecule has 0 spiro atoms. The van der Waals surface area contributed by atoms with Crippen LogP contribution in [0.25, 0.3) is 0 Å². The fourth-order valence-electron chi connectivity index (χ4n) is 1.66. The minimum atomic E-state index is 0.273. The third-order valence-corrected chi connectivity index (χ3v) is 3.23. The molecule has 0 unspecified atom stereocenters. The quantitative estimate of drug-likeness (QED) is 0.774. The normalized spacial score (nSPS) is 22.3. The Morgan fingerprint density at radius 2 is 2.07 bits per heavy atom. The van der Waals surface area contributed by atoms with Crippen LogP contribution in [0.1, 0.15) is 11.6 Å². The first-order valence-electron chi connectivity index (χ1n) is 4.67. The zero-order chi connectivity index (χ0) is 9.97. The van der Waals surface area contributed by atoms with Gasteiger partial charge in [0, 0.05) is 25.7 Å². The van der Waals surface area contributed by atoms with Crippen molar-refractivity contribution in [2.75, 3.05) is 19.6 Å². The van der Waals surface area contributed by atoms with Crippen molar-refractivity contribution in [3.63, 3.8) is 0 Å². The first kappa shape index (κ1) is 10.2. The lowest BCUT2D eigenvalue weighted by Crippen LogP contribution is -2.42.